The highest BCUT2D eigenvalue weighted by Crippen LogP contribution is 2.34. The monoisotopic (exact) mass is 331 g/mol. The first-order valence-electron chi connectivity index (χ1n) is 9.82. The van der Waals surface area contributed by atoms with Gasteiger partial charge in [-0.05, 0) is 46.6 Å². The molecule has 0 fully saturated rings. The van der Waals surface area contributed by atoms with E-state index in [9.17, 15) is 0 Å². The summed E-state index contributed by atoms with van der Waals surface area (Å²) in [4.78, 5) is 0. The van der Waals surface area contributed by atoms with Crippen LogP contribution in [0.1, 0.15) is 85.5 Å². The first-order chi connectivity index (χ1) is 11.2. The van der Waals surface area contributed by atoms with Crippen molar-refractivity contribution in [3.05, 3.63) is 0 Å². The third-order valence-corrected chi connectivity index (χ3v) is 4.20. The van der Waals surface area contributed by atoms with Crippen LogP contribution < -0.4 is 5.73 Å². The van der Waals surface area contributed by atoms with Crippen LogP contribution >= 0.6 is 0 Å². The van der Waals surface area contributed by atoms with Crippen LogP contribution in [0.25, 0.3) is 0 Å². The van der Waals surface area contributed by atoms with Gasteiger partial charge in [0.05, 0.1) is 0 Å². The van der Waals surface area contributed by atoms with Crippen LogP contribution in [0, 0.1) is 5.92 Å². The Hall–Kier alpha value is -0.160. The molecular formula is C19H41NO3. The second-order valence-electron chi connectivity index (χ2n) is 6.09. The summed E-state index contributed by atoms with van der Waals surface area (Å²) >= 11 is 0. The van der Waals surface area contributed by atoms with Crippen molar-refractivity contribution in [3.63, 3.8) is 0 Å². The average Bonchev–Trinajstić information content (AvgIpc) is 2.53. The molecule has 140 valence electrons. The molecule has 0 aliphatic carbocycles. The SMILES string of the molecule is CCCCCCCC(CCCCN)C(OCC)(OCC)OCC. The maximum absolute atomic E-state index is 6.01. The molecule has 0 saturated carbocycles. The van der Waals surface area contributed by atoms with E-state index in [1.54, 1.807) is 0 Å². The first-order valence-corrected chi connectivity index (χ1v) is 9.82. The Morgan fingerprint density at radius 2 is 1.17 bits per heavy atom. The molecule has 0 amide bonds. The Kier molecular flexibility index (Phi) is 15.3. The molecule has 23 heavy (non-hydrogen) atoms. The predicted octanol–water partition coefficient (Wildman–Crippen LogP) is 4.86. The van der Waals surface area contributed by atoms with Crippen LogP contribution in [-0.2, 0) is 14.2 Å². The van der Waals surface area contributed by atoms with Gasteiger partial charge in [-0.1, -0.05) is 45.4 Å². The zero-order chi connectivity index (χ0) is 17.4. The topological polar surface area (TPSA) is 53.7 Å². The summed E-state index contributed by atoms with van der Waals surface area (Å²) in [5, 5.41) is 0. The molecule has 0 aromatic rings. The van der Waals surface area contributed by atoms with Crippen molar-refractivity contribution in [2.75, 3.05) is 26.4 Å². The van der Waals surface area contributed by atoms with Gasteiger partial charge in [0.25, 0.3) is 5.97 Å². The van der Waals surface area contributed by atoms with E-state index in [4.69, 9.17) is 19.9 Å². The number of ether oxygens (including phenoxy) is 3. The molecule has 0 aliphatic heterocycles. The molecule has 4 nitrogen and oxygen atoms in total. The van der Waals surface area contributed by atoms with E-state index in [1.165, 1.54) is 32.1 Å². The fraction of sp³-hybridized carbons (Fsp3) is 1.00. The van der Waals surface area contributed by atoms with Gasteiger partial charge in [0.1, 0.15) is 0 Å². The molecule has 0 heterocycles. The molecule has 4 heteroatoms. The predicted molar refractivity (Wildman–Crippen MR) is 97.4 cm³/mol. The minimum atomic E-state index is -0.877. The summed E-state index contributed by atoms with van der Waals surface area (Å²) in [6.45, 7) is 10.8. The molecule has 1 unspecified atom stereocenters. The van der Waals surface area contributed by atoms with Crippen LogP contribution in [0.15, 0.2) is 0 Å². The molecule has 0 saturated heterocycles. The van der Waals surface area contributed by atoms with Gasteiger partial charge in [-0.25, -0.2) is 0 Å². The van der Waals surface area contributed by atoms with Crippen molar-refractivity contribution >= 4 is 0 Å². The third kappa shape index (κ3) is 9.65. The van der Waals surface area contributed by atoms with Crippen molar-refractivity contribution < 1.29 is 14.2 Å². The van der Waals surface area contributed by atoms with Crippen molar-refractivity contribution in [1.82, 2.24) is 0 Å². The highest BCUT2D eigenvalue weighted by Gasteiger charge is 2.41. The molecule has 0 radical (unpaired) electrons. The maximum Gasteiger partial charge on any atom is 0.285 e. The van der Waals surface area contributed by atoms with Crippen molar-refractivity contribution in [1.29, 1.82) is 0 Å². The Morgan fingerprint density at radius 1 is 0.696 bits per heavy atom. The second kappa shape index (κ2) is 15.4. The number of hydrogen-bond acceptors (Lipinski definition) is 4. The fourth-order valence-corrected chi connectivity index (χ4v) is 3.11. The Morgan fingerprint density at radius 3 is 1.61 bits per heavy atom. The maximum atomic E-state index is 6.01. The summed E-state index contributed by atoms with van der Waals surface area (Å²) in [7, 11) is 0. The van der Waals surface area contributed by atoms with Gasteiger partial charge in [0.15, 0.2) is 0 Å². The lowest BCUT2D eigenvalue weighted by Crippen LogP contribution is -2.46. The van der Waals surface area contributed by atoms with Crippen LogP contribution in [0.3, 0.4) is 0 Å². The molecular weight excluding hydrogens is 290 g/mol. The molecule has 0 aromatic carbocycles. The van der Waals surface area contributed by atoms with E-state index in [2.05, 4.69) is 6.92 Å². The lowest BCUT2D eigenvalue weighted by Gasteiger charge is -2.39. The minimum Gasteiger partial charge on any atom is -0.330 e. The first kappa shape index (κ1) is 22.8. The van der Waals surface area contributed by atoms with E-state index in [0.29, 0.717) is 19.8 Å². The summed E-state index contributed by atoms with van der Waals surface area (Å²) in [5.41, 5.74) is 5.66. The molecule has 2 N–H and O–H groups in total. The number of rotatable bonds is 17. The molecule has 0 aliphatic rings. The molecule has 0 rings (SSSR count). The Labute approximate surface area is 144 Å². The summed E-state index contributed by atoms with van der Waals surface area (Å²) in [6.07, 6.45) is 10.7. The number of unbranched alkanes of at least 4 members (excludes halogenated alkanes) is 5. The zero-order valence-corrected chi connectivity index (χ0v) is 16.1. The van der Waals surface area contributed by atoms with E-state index >= 15 is 0 Å². The second-order valence-corrected chi connectivity index (χ2v) is 6.09. The molecule has 0 bridgehead atoms. The summed E-state index contributed by atoms with van der Waals surface area (Å²) in [5.74, 6) is -0.604. The molecule has 0 spiro atoms. The van der Waals surface area contributed by atoms with E-state index in [1.807, 2.05) is 20.8 Å². The quantitative estimate of drug-likeness (QED) is 0.305. The Bertz CT molecular complexity index is 232. The van der Waals surface area contributed by atoms with Crippen LogP contribution in [0.5, 0.6) is 0 Å². The fourth-order valence-electron chi connectivity index (χ4n) is 3.11. The average molecular weight is 332 g/mol. The van der Waals surface area contributed by atoms with E-state index < -0.39 is 5.97 Å². The lowest BCUT2D eigenvalue weighted by molar-refractivity contribution is -0.403. The van der Waals surface area contributed by atoms with Crippen molar-refractivity contribution in [2.45, 2.75) is 91.5 Å². The smallest absolute Gasteiger partial charge is 0.285 e. The van der Waals surface area contributed by atoms with Gasteiger partial charge in [-0.15, -0.1) is 0 Å². The van der Waals surface area contributed by atoms with Crippen LogP contribution in [0.2, 0.25) is 0 Å². The van der Waals surface area contributed by atoms with Gasteiger partial charge in [-0.3, -0.25) is 0 Å². The highest BCUT2D eigenvalue weighted by atomic mass is 16.9. The van der Waals surface area contributed by atoms with Gasteiger partial charge < -0.3 is 19.9 Å². The normalized spacial score (nSPS) is 13.4. The van der Waals surface area contributed by atoms with Crippen LogP contribution in [0.4, 0.5) is 0 Å². The highest BCUT2D eigenvalue weighted by molar-refractivity contribution is 4.73. The largest absolute Gasteiger partial charge is 0.330 e. The Balaban J connectivity index is 4.81. The molecule has 1 atom stereocenters. The van der Waals surface area contributed by atoms with Gasteiger partial charge in [0.2, 0.25) is 0 Å². The minimum absolute atomic E-state index is 0.274. The van der Waals surface area contributed by atoms with Crippen LogP contribution in [-0.4, -0.2) is 32.3 Å². The summed E-state index contributed by atoms with van der Waals surface area (Å²) in [6, 6.07) is 0. The van der Waals surface area contributed by atoms with E-state index in [0.717, 1.165) is 32.2 Å². The number of hydrogen-bond donors (Lipinski definition) is 1. The zero-order valence-electron chi connectivity index (χ0n) is 16.1. The number of nitrogens with two attached hydrogens (primary N) is 1. The van der Waals surface area contributed by atoms with Crippen molar-refractivity contribution in [3.8, 4) is 0 Å². The van der Waals surface area contributed by atoms with Crippen molar-refractivity contribution in [2.24, 2.45) is 11.7 Å². The summed E-state index contributed by atoms with van der Waals surface area (Å²) < 4.78 is 18.0. The standard InChI is InChI=1S/C19H41NO3/c1-5-9-10-11-12-15-18(16-13-14-17-20)19(21-6-2,22-7-3)23-8-4/h18H,5-17,20H2,1-4H3. The lowest BCUT2D eigenvalue weighted by atomic mass is 9.92. The van der Waals surface area contributed by atoms with Gasteiger partial charge in [0, 0.05) is 25.7 Å². The molecule has 0 aromatic heterocycles. The van der Waals surface area contributed by atoms with Gasteiger partial charge >= 0.3 is 0 Å². The van der Waals surface area contributed by atoms with Gasteiger partial charge in [-0.2, -0.15) is 0 Å². The third-order valence-electron chi connectivity index (χ3n) is 4.20. The van der Waals surface area contributed by atoms with E-state index in [-0.39, 0.29) is 5.92 Å².